The lowest BCUT2D eigenvalue weighted by molar-refractivity contribution is -0.137. The van der Waals surface area contributed by atoms with Crippen LogP contribution in [-0.4, -0.2) is 66.3 Å². The number of nitrogens with one attached hydrogen (secondary N) is 3. The number of pyridine rings is 1. The van der Waals surface area contributed by atoms with Crippen LogP contribution in [0.5, 0.6) is 0 Å². The number of para-hydroxylation sites is 1. The minimum atomic E-state index is -4.57. The summed E-state index contributed by atoms with van der Waals surface area (Å²) >= 11 is 0. The number of ether oxygens (including phenoxy) is 2. The number of rotatable bonds is 6. The maximum absolute atomic E-state index is 13.4. The van der Waals surface area contributed by atoms with E-state index in [1.807, 2.05) is 48.5 Å². The van der Waals surface area contributed by atoms with Crippen molar-refractivity contribution in [1.29, 1.82) is 0 Å². The van der Waals surface area contributed by atoms with Crippen molar-refractivity contribution in [1.82, 2.24) is 15.3 Å². The molecular weight excluding hydrogens is 527 g/mol. The van der Waals surface area contributed by atoms with Crippen molar-refractivity contribution in [2.24, 2.45) is 10.1 Å². The number of carbonyl (C=O) groups is 1. The molecule has 4 heterocycles. The quantitative estimate of drug-likeness (QED) is 0.431. The third kappa shape index (κ3) is 5.08. The molecule has 0 saturated carbocycles. The van der Waals surface area contributed by atoms with Gasteiger partial charge in [-0.25, -0.2) is 15.3 Å². The number of halogens is 3. The van der Waals surface area contributed by atoms with E-state index in [2.05, 4.69) is 26.0 Å². The van der Waals surface area contributed by atoms with Gasteiger partial charge < -0.3 is 20.1 Å². The number of aromatic nitrogens is 1. The zero-order valence-electron chi connectivity index (χ0n) is 21.1. The van der Waals surface area contributed by atoms with Crippen LogP contribution in [0.2, 0.25) is 0 Å². The van der Waals surface area contributed by atoms with E-state index < -0.39 is 30.2 Å². The average Bonchev–Trinajstić information content (AvgIpc) is 3.21. The number of alkyl halides is 3. The Balaban J connectivity index is 1.27. The third-order valence-corrected chi connectivity index (χ3v) is 6.52. The fourth-order valence-electron chi connectivity index (χ4n) is 4.42. The Kier molecular flexibility index (Phi) is 6.60. The molecule has 2 aromatic carbocycles. The van der Waals surface area contributed by atoms with Gasteiger partial charge in [-0.1, -0.05) is 48.5 Å². The maximum Gasteiger partial charge on any atom is 0.417 e. The van der Waals surface area contributed by atoms with Crippen molar-refractivity contribution in [3.05, 3.63) is 89.2 Å². The Morgan fingerprint density at radius 1 is 1.07 bits per heavy atom. The second-order valence-electron chi connectivity index (χ2n) is 9.39. The number of hydrogen-bond acceptors (Lipinski definition) is 9. The molecule has 3 N–H and O–H groups in total. The number of carbonyl (C=O) groups excluding carboxylic acids is 1. The summed E-state index contributed by atoms with van der Waals surface area (Å²) in [6.45, 7) is 0.710. The number of hydrogen-bond donors (Lipinski definition) is 3. The van der Waals surface area contributed by atoms with E-state index in [4.69, 9.17) is 14.5 Å². The summed E-state index contributed by atoms with van der Waals surface area (Å²) in [6.07, 6.45) is -5.88. The molecule has 6 rings (SSSR count). The molecular formula is C27H24F3N7O3. The zero-order chi connectivity index (χ0) is 27.9. The van der Waals surface area contributed by atoms with Crippen LogP contribution in [0.4, 0.5) is 24.5 Å². The Morgan fingerprint density at radius 3 is 2.55 bits per heavy atom. The van der Waals surface area contributed by atoms with E-state index in [0.29, 0.717) is 24.6 Å². The minimum absolute atomic E-state index is 0.0129. The summed E-state index contributed by atoms with van der Waals surface area (Å²) in [5.41, 5.74) is 2.10. The lowest BCUT2D eigenvalue weighted by atomic mass is 10.0. The normalized spacial score (nSPS) is 20.9. The largest absolute Gasteiger partial charge is 0.436 e. The number of anilines is 2. The lowest BCUT2D eigenvalue weighted by Crippen LogP contribution is -2.49. The number of nitrogens with zero attached hydrogens (tertiary/aromatic N) is 4. The first-order valence-electron chi connectivity index (χ1n) is 12.5. The van der Waals surface area contributed by atoms with Gasteiger partial charge in [-0.05, 0) is 12.1 Å². The number of aliphatic imine (C=N–C) groups is 1. The highest BCUT2D eigenvalue weighted by atomic mass is 19.4. The molecule has 1 aromatic heterocycles. The molecule has 1 saturated heterocycles. The molecule has 3 aliphatic heterocycles. The fourth-order valence-corrected chi connectivity index (χ4v) is 4.42. The zero-order valence-corrected chi connectivity index (χ0v) is 21.1. The van der Waals surface area contributed by atoms with Crippen LogP contribution in [0.3, 0.4) is 0 Å². The van der Waals surface area contributed by atoms with E-state index in [1.54, 1.807) is 13.1 Å². The first-order valence-corrected chi connectivity index (χ1v) is 12.5. The highest BCUT2D eigenvalue weighted by Crippen LogP contribution is 2.33. The summed E-state index contributed by atoms with van der Waals surface area (Å²) in [4.78, 5) is 22.0. The van der Waals surface area contributed by atoms with Crippen molar-refractivity contribution in [2.45, 2.75) is 24.7 Å². The molecule has 40 heavy (non-hydrogen) atoms. The van der Waals surface area contributed by atoms with Crippen LogP contribution in [-0.2, 0) is 20.4 Å². The van der Waals surface area contributed by atoms with Crippen LogP contribution in [0.15, 0.2) is 77.0 Å². The van der Waals surface area contributed by atoms with Gasteiger partial charge in [0.1, 0.15) is 5.69 Å². The molecule has 2 atom stereocenters. The van der Waals surface area contributed by atoms with E-state index in [9.17, 15) is 18.0 Å². The van der Waals surface area contributed by atoms with Gasteiger partial charge in [-0.15, -0.1) is 5.10 Å². The number of hydrazone groups is 1. The minimum Gasteiger partial charge on any atom is -0.436 e. The Labute approximate surface area is 226 Å². The Bertz CT molecular complexity index is 1490. The maximum atomic E-state index is 13.4. The first-order chi connectivity index (χ1) is 19.3. The molecule has 0 bridgehead atoms. The van der Waals surface area contributed by atoms with Crippen LogP contribution in [0.25, 0.3) is 0 Å². The van der Waals surface area contributed by atoms with Crippen molar-refractivity contribution >= 4 is 28.9 Å². The third-order valence-electron chi connectivity index (χ3n) is 6.52. The molecule has 10 nitrogen and oxygen atoms in total. The number of benzene rings is 2. The predicted octanol–water partition coefficient (Wildman–Crippen LogP) is 3.22. The molecule has 206 valence electrons. The van der Waals surface area contributed by atoms with Crippen molar-refractivity contribution in [3.63, 3.8) is 0 Å². The topological polar surface area (TPSA) is 112 Å². The second-order valence-corrected chi connectivity index (χ2v) is 9.39. The van der Waals surface area contributed by atoms with Gasteiger partial charge in [0.05, 0.1) is 41.9 Å². The van der Waals surface area contributed by atoms with Crippen LogP contribution >= 0.6 is 0 Å². The van der Waals surface area contributed by atoms with Crippen LogP contribution < -0.4 is 16.0 Å². The van der Waals surface area contributed by atoms with Gasteiger partial charge in [-0.3, -0.25) is 9.79 Å². The lowest BCUT2D eigenvalue weighted by Gasteiger charge is -2.28. The van der Waals surface area contributed by atoms with Crippen molar-refractivity contribution in [2.75, 3.05) is 30.9 Å². The van der Waals surface area contributed by atoms with E-state index in [1.165, 1.54) is 5.01 Å². The number of benzodiazepines with no additional fused rings is 1. The number of fused-ring (bicyclic) bond motifs is 1. The monoisotopic (exact) mass is 551 g/mol. The standard InChI is InChI=1S/C27H24F3N7O3/c1-37-26(40-25(36-37)22-20(32-17-13-39-14-17)11-16(12-31-22)27(28,29)30)35-23-24(38)33-19-10-6-5-9-18(19)21(34-23)15-7-3-2-4-8-15/h2-12,17,23,26,32,35H,13-14H2,1H3,(H,33,38)/t23-,26?/m1/s1. The first kappa shape index (κ1) is 25.8. The molecule has 1 fully saturated rings. The van der Waals surface area contributed by atoms with Gasteiger partial charge in [0.15, 0.2) is 6.17 Å². The summed E-state index contributed by atoms with van der Waals surface area (Å²) in [5.74, 6) is -0.426. The Hall–Kier alpha value is -4.49. The van der Waals surface area contributed by atoms with Gasteiger partial charge in [0.2, 0.25) is 6.35 Å². The van der Waals surface area contributed by atoms with E-state index in [-0.39, 0.29) is 23.3 Å². The highest BCUT2D eigenvalue weighted by Gasteiger charge is 2.37. The van der Waals surface area contributed by atoms with Crippen LogP contribution in [0.1, 0.15) is 22.4 Å². The van der Waals surface area contributed by atoms with Crippen molar-refractivity contribution < 1.29 is 27.4 Å². The van der Waals surface area contributed by atoms with Gasteiger partial charge in [0, 0.05) is 24.4 Å². The van der Waals surface area contributed by atoms with E-state index >= 15 is 0 Å². The molecule has 3 aromatic rings. The predicted molar refractivity (Wildman–Crippen MR) is 141 cm³/mol. The highest BCUT2D eigenvalue weighted by molar-refractivity contribution is 6.19. The summed E-state index contributed by atoms with van der Waals surface area (Å²) in [7, 11) is 1.60. The smallest absolute Gasteiger partial charge is 0.417 e. The van der Waals surface area contributed by atoms with Crippen molar-refractivity contribution in [3.8, 4) is 0 Å². The molecule has 1 amide bonds. The molecule has 0 radical (unpaired) electrons. The average molecular weight is 552 g/mol. The number of amides is 1. The molecule has 3 aliphatic rings. The SMILES string of the molecule is CN1N=C(c2ncc(C(F)(F)F)cc2NC2COC2)OC1N[C@H]1N=C(c2ccccc2)c2ccccc2NC1=O. The molecule has 13 heteroatoms. The second kappa shape index (κ2) is 10.2. The molecule has 0 spiro atoms. The summed E-state index contributed by atoms with van der Waals surface area (Å²) < 4.78 is 51.3. The van der Waals surface area contributed by atoms with Gasteiger partial charge in [-0.2, -0.15) is 13.2 Å². The summed E-state index contributed by atoms with van der Waals surface area (Å²) in [5, 5.41) is 14.7. The van der Waals surface area contributed by atoms with Crippen LogP contribution in [0, 0.1) is 0 Å². The molecule has 1 unspecified atom stereocenters. The van der Waals surface area contributed by atoms with Gasteiger partial charge in [0.25, 0.3) is 11.8 Å². The van der Waals surface area contributed by atoms with Gasteiger partial charge >= 0.3 is 6.18 Å². The fraction of sp³-hybridized carbons (Fsp3) is 0.259. The molecule has 0 aliphatic carbocycles. The van der Waals surface area contributed by atoms with E-state index in [0.717, 1.165) is 23.4 Å². The summed E-state index contributed by atoms with van der Waals surface area (Å²) in [6, 6.07) is 17.6. The Morgan fingerprint density at radius 2 is 1.82 bits per heavy atom.